The largest absolute Gasteiger partial charge is 0.481 e. The molecule has 0 radical (unpaired) electrons. The summed E-state index contributed by atoms with van der Waals surface area (Å²) in [5.41, 5.74) is 5.75. The number of amides is 2. The van der Waals surface area contributed by atoms with Gasteiger partial charge in [0.15, 0.2) is 11.5 Å². The van der Waals surface area contributed by atoms with Gasteiger partial charge in [-0.15, -0.1) is 0 Å². The quantitative estimate of drug-likeness (QED) is 0.249. The summed E-state index contributed by atoms with van der Waals surface area (Å²) in [5.74, 6) is -3.09. The molecule has 3 rings (SSSR count). The molecule has 7 N–H and O–H groups in total. The number of nitrogens with zero attached hydrogens (tertiary/aromatic N) is 3. The van der Waals surface area contributed by atoms with E-state index in [1.807, 2.05) is 0 Å². The number of carboxylic acids is 2. The maximum absolute atomic E-state index is 12.4. The van der Waals surface area contributed by atoms with E-state index in [4.69, 9.17) is 10.8 Å². The average molecular weight is 473 g/mol. The van der Waals surface area contributed by atoms with Crippen LogP contribution in [0.2, 0.25) is 0 Å². The third-order valence-electron chi connectivity index (χ3n) is 5.29. The minimum absolute atomic E-state index is 0.0179. The summed E-state index contributed by atoms with van der Waals surface area (Å²) in [6.07, 6.45) is -0.755. The first kappa shape index (κ1) is 24.0. The Morgan fingerprint density at radius 2 is 2.00 bits per heavy atom. The van der Waals surface area contributed by atoms with E-state index in [1.54, 1.807) is 24.1 Å². The van der Waals surface area contributed by atoms with E-state index >= 15 is 0 Å². The van der Waals surface area contributed by atoms with Gasteiger partial charge in [-0.05, 0) is 30.7 Å². The van der Waals surface area contributed by atoms with Crippen LogP contribution in [0.4, 0.5) is 23.1 Å². The maximum atomic E-state index is 12.4. The predicted molar refractivity (Wildman–Crippen MR) is 121 cm³/mol. The van der Waals surface area contributed by atoms with Crippen molar-refractivity contribution in [2.75, 3.05) is 34.4 Å². The van der Waals surface area contributed by atoms with Gasteiger partial charge in [0.1, 0.15) is 12.2 Å². The lowest BCUT2D eigenvalue weighted by Gasteiger charge is -2.40. The van der Waals surface area contributed by atoms with Crippen LogP contribution in [-0.4, -0.2) is 70.2 Å². The number of rotatable bonds is 9. The van der Waals surface area contributed by atoms with Crippen LogP contribution in [0.15, 0.2) is 29.1 Å². The number of aromatic nitrogens is 2. The Labute approximate surface area is 192 Å². The van der Waals surface area contributed by atoms with Gasteiger partial charge < -0.3 is 31.5 Å². The van der Waals surface area contributed by atoms with Gasteiger partial charge in [-0.25, -0.2) is 4.79 Å². The van der Waals surface area contributed by atoms with Crippen LogP contribution >= 0.6 is 0 Å². The molecule has 1 aromatic heterocycles. The third kappa shape index (κ3) is 5.06. The second kappa shape index (κ2) is 9.89. The molecular weight excluding hydrogens is 450 g/mol. The number of carbonyl (C=O) groups is 4. The van der Waals surface area contributed by atoms with Gasteiger partial charge in [0.25, 0.3) is 11.5 Å². The van der Waals surface area contributed by atoms with E-state index in [-0.39, 0.29) is 36.0 Å². The van der Waals surface area contributed by atoms with E-state index in [9.17, 15) is 29.1 Å². The van der Waals surface area contributed by atoms with E-state index < -0.39 is 42.0 Å². The molecule has 0 aliphatic carbocycles. The van der Waals surface area contributed by atoms with Crippen LogP contribution < -0.4 is 31.7 Å². The number of anilines is 4. The Bertz CT molecular complexity index is 1160. The van der Waals surface area contributed by atoms with Crippen LogP contribution in [0.5, 0.6) is 0 Å². The van der Waals surface area contributed by atoms with E-state index in [2.05, 4.69) is 20.6 Å². The fraction of sp³-hybridized carbons (Fsp3) is 0.300. The van der Waals surface area contributed by atoms with Crippen molar-refractivity contribution in [3.63, 3.8) is 0 Å². The number of likely N-dealkylation sites (N-methyl/N-ethyl adjacent to an activating group) is 1. The fourth-order valence-electron chi connectivity index (χ4n) is 3.52. The molecule has 180 valence electrons. The Hall–Kier alpha value is -4.62. The molecular formula is C20H23N7O7. The van der Waals surface area contributed by atoms with Gasteiger partial charge in [-0.1, -0.05) is 0 Å². The van der Waals surface area contributed by atoms with E-state index in [0.717, 1.165) is 0 Å². The number of hydrogen-bond acceptors (Lipinski definition) is 9. The zero-order valence-electron chi connectivity index (χ0n) is 18.0. The lowest BCUT2D eigenvalue weighted by atomic mass is 10.1. The van der Waals surface area contributed by atoms with Crippen LogP contribution in [0.1, 0.15) is 23.2 Å². The average Bonchev–Trinajstić information content (AvgIpc) is 2.79. The molecule has 2 amide bonds. The summed E-state index contributed by atoms with van der Waals surface area (Å²) in [6, 6.07) is 4.75. The molecule has 1 aromatic carbocycles. The molecule has 2 heterocycles. The van der Waals surface area contributed by atoms with Crippen molar-refractivity contribution >= 4 is 47.4 Å². The number of nitrogens with two attached hydrogens (primary N) is 1. The summed E-state index contributed by atoms with van der Waals surface area (Å²) in [7, 11) is 1.69. The lowest BCUT2D eigenvalue weighted by Crippen LogP contribution is -2.55. The van der Waals surface area contributed by atoms with Gasteiger partial charge >= 0.3 is 11.9 Å². The molecule has 1 aliphatic rings. The number of nitrogens with one attached hydrogen (secondary N) is 3. The molecule has 0 saturated carbocycles. The number of carboxylic acid groups (broad SMARTS) is 2. The Balaban J connectivity index is 1.75. The van der Waals surface area contributed by atoms with Crippen LogP contribution in [0.3, 0.4) is 0 Å². The molecule has 0 unspecified atom stereocenters. The lowest BCUT2D eigenvalue weighted by molar-refractivity contribution is -0.140. The summed E-state index contributed by atoms with van der Waals surface area (Å²) in [4.78, 5) is 67.9. The molecule has 0 fully saturated rings. The number of aromatic amines is 1. The molecule has 14 nitrogen and oxygen atoms in total. The smallest absolute Gasteiger partial charge is 0.326 e. The zero-order valence-corrected chi connectivity index (χ0v) is 18.0. The number of H-pyrrole nitrogens is 1. The molecule has 14 heteroatoms. The first-order valence-corrected chi connectivity index (χ1v) is 10.1. The summed E-state index contributed by atoms with van der Waals surface area (Å²) < 4.78 is 0. The molecule has 2 aromatic rings. The first-order valence-electron chi connectivity index (χ1n) is 10.1. The molecule has 2 atom stereocenters. The minimum Gasteiger partial charge on any atom is -0.481 e. The molecule has 34 heavy (non-hydrogen) atoms. The second-order valence-corrected chi connectivity index (χ2v) is 7.48. The standard InChI is InChI=1S/C20H23N7O7/c1-26(13-8-22-16-15(27(13)9-28)18(32)25-20(21)24-16)11-4-2-10(3-5-11)17(31)23-12(19(33)34)6-7-14(29)30/h2-5,9,12-13H,6-8H2,1H3,(H,23,31)(H,29,30)(H,33,34)(H4,21,22,24,25,32)/t12-,13+/m0/s1. The SMILES string of the molecule is CN(c1ccc(C(=O)N[C@@H](CCC(=O)O)C(=O)O)cc1)[C@H]1CNc2nc(N)[nH]c(=O)c2N1C=O. The van der Waals surface area contributed by atoms with E-state index in [1.165, 1.54) is 17.0 Å². The molecule has 1 aliphatic heterocycles. The monoisotopic (exact) mass is 473 g/mol. The van der Waals surface area contributed by atoms with Gasteiger partial charge in [-0.2, -0.15) is 4.98 Å². The number of nitrogen functional groups attached to an aromatic ring is 1. The Kier molecular flexibility index (Phi) is 6.99. The summed E-state index contributed by atoms with van der Waals surface area (Å²) in [6.45, 7) is 0.226. The Morgan fingerprint density at radius 3 is 2.59 bits per heavy atom. The van der Waals surface area contributed by atoms with Gasteiger partial charge in [0, 0.05) is 24.7 Å². The maximum Gasteiger partial charge on any atom is 0.326 e. The number of fused-ring (bicyclic) bond motifs is 1. The number of aliphatic carboxylic acids is 2. The highest BCUT2D eigenvalue weighted by Gasteiger charge is 2.32. The van der Waals surface area contributed by atoms with Crippen LogP contribution in [0, 0.1) is 0 Å². The van der Waals surface area contributed by atoms with Crippen molar-refractivity contribution in [1.82, 2.24) is 15.3 Å². The van der Waals surface area contributed by atoms with Gasteiger partial charge in [0.2, 0.25) is 12.4 Å². The topological polar surface area (TPSA) is 211 Å². The highest BCUT2D eigenvalue weighted by Crippen LogP contribution is 2.28. The van der Waals surface area contributed by atoms with E-state index in [0.29, 0.717) is 12.1 Å². The normalized spacial score (nSPS) is 15.4. The molecule has 0 saturated heterocycles. The fourth-order valence-corrected chi connectivity index (χ4v) is 3.52. The van der Waals surface area contributed by atoms with Crippen LogP contribution in [-0.2, 0) is 14.4 Å². The number of benzene rings is 1. The summed E-state index contributed by atoms with van der Waals surface area (Å²) >= 11 is 0. The highest BCUT2D eigenvalue weighted by molar-refractivity contribution is 5.97. The third-order valence-corrected chi connectivity index (χ3v) is 5.29. The van der Waals surface area contributed by atoms with Crippen LogP contribution in [0.25, 0.3) is 0 Å². The number of hydrogen-bond donors (Lipinski definition) is 6. The first-order chi connectivity index (χ1) is 16.1. The van der Waals surface area contributed by atoms with Crippen molar-refractivity contribution in [3.05, 3.63) is 40.2 Å². The number of carbonyl (C=O) groups excluding carboxylic acids is 2. The van der Waals surface area contributed by atoms with Crippen molar-refractivity contribution in [2.24, 2.45) is 0 Å². The Morgan fingerprint density at radius 1 is 1.32 bits per heavy atom. The van der Waals surface area contributed by atoms with Crippen molar-refractivity contribution < 1.29 is 29.4 Å². The van der Waals surface area contributed by atoms with Gasteiger partial charge in [0.05, 0.1) is 6.54 Å². The van der Waals surface area contributed by atoms with Gasteiger partial charge in [-0.3, -0.25) is 29.1 Å². The zero-order chi connectivity index (χ0) is 25.0. The van der Waals surface area contributed by atoms with Crippen molar-refractivity contribution in [3.8, 4) is 0 Å². The minimum atomic E-state index is -1.35. The van der Waals surface area contributed by atoms with Crippen molar-refractivity contribution in [1.29, 1.82) is 0 Å². The predicted octanol–water partition coefficient (Wildman–Crippen LogP) is -0.749. The molecule has 0 spiro atoms. The second-order valence-electron chi connectivity index (χ2n) is 7.48. The molecule has 0 bridgehead atoms. The highest BCUT2D eigenvalue weighted by atomic mass is 16.4. The van der Waals surface area contributed by atoms with Crippen molar-refractivity contribution in [2.45, 2.75) is 25.0 Å². The summed E-state index contributed by atoms with van der Waals surface area (Å²) in [5, 5.41) is 23.2.